The van der Waals surface area contributed by atoms with Crippen LogP contribution in [0.1, 0.15) is 40.4 Å². The SMILES string of the molecule is CCCc1ccc(NC(=O)c2cccc(C)c2C)cc1. The Morgan fingerprint density at radius 3 is 2.40 bits per heavy atom. The van der Waals surface area contributed by atoms with Crippen LogP contribution in [0.2, 0.25) is 0 Å². The smallest absolute Gasteiger partial charge is 0.255 e. The van der Waals surface area contributed by atoms with E-state index in [1.54, 1.807) is 0 Å². The van der Waals surface area contributed by atoms with E-state index in [0.29, 0.717) is 0 Å². The molecule has 2 aromatic carbocycles. The van der Waals surface area contributed by atoms with Gasteiger partial charge in [-0.1, -0.05) is 37.6 Å². The molecular formula is C18H21NO. The summed E-state index contributed by atoms with van der Waals surface area (Å²) in [6.07, 6.45) is 2.21. The lowest BCUT2D eigenvalue weighted by molar-refractivity contribution is 0.102. The molecule has 0 bridgehead atoms. The highest BCUT2D eigenvalue weighted by Gasteiger charge is 2.10. The first kappa shape index (κ1) is 14.3. The predicted octanol–water partition coefficient (Wildman–Crippen LogP) is 4.51. The number of aryl methyl sites for hydroxylation is 2. The molecule has 1 N–H and O–H groups in total. The number of hydrogen-bond donors (Lipinski definition) is 1. The molecule has 104 valence electrons. The van der Waals surface area contributed by atoms with Gasteiger partial charge in [-0.25, -0.2) is 0 Å². The maximum Gasteiger partial charge on any atom is 0.255 e. The third-order valence-electron chi connectivity index (χ3n) is 3.60. The molecule has 0 atom stereocenters. The molecule has 0 radical (unpaired) electrons. The second-order valence-corrected chi connectivity index (χ2v) is 5.15. The van der Waals surface area contributed by atoms with E-state index in [4.69, 9.17) is 0 Å². The lowest BCUT2D eigenvalue weighted by atomic mass is 10.0. The van der Waals surface area contributed by atoms with Crippen LogP contribution in [0.25, 0.3) is 0 Å². The largest absolute Gasteiger partial charge is 0.322 e. The summed E-state index contributed by atoms with van der Waals surface area (Å²) in [6, 6.07) is 13.9. The normalized spacial score (nSPS) is 10.3. The maximum absolute atomic E-state index is 12.3. The van der Waals surface area contributed by atoms with Crippen molar-refractivity contribution in [2.24, 2.45) is 0 Å². The van der Waals surface area contributed by atoms with Gasteiger partial charge in [0.05, 0.1) is 0 Å². The summed E-state index contributed by atoms with van der Waals surface area (Å²) in [7, 11) is 0. The van der Waals surface area contributed by atoms with E-state index in [0.717, 1.165) is 35.2 Å². The minimum atomic E-state index is -0.0468. The van der Waals surface area contributed by atoms with Crippen molar-refractivity contribution < 1.29 is 4.79 Å². The molecule has 2 aromatic rings. The van der Waals surface area contributed by atoms with Crippen molar-refractivity contribution in [2.75, 3.05) is 5.32 Å². The first-order valence-electron chi connectivity index (χ1n) is 7.08. The summed E-state index contributed by atoms with van der Waals surface area (Å²) < 4.78 is 0. The number of amides is 1. The Kier molecular flexibility index (Phi) is 4.57. The summed E-state index contributed by atoms with van der Waals surface area (Å²) >= 11 is 0. The fraction of sp³-hybridized carbons (Fsp3) is 0.278. The third-order valence-corrected chi connectivity index (χ3v) is 3.60. The van der Waals surface area contributed by atoms with Crippen LogP contribution < -0.4 is 5.32 Å². The zero-order valence-corrected chi connectivity index (χ0v) is 12.4. The zero-order valence-electron chi connectivity index (χ0n) is 12.4. The predicted molar refractivity (Wildman–Crippen MR) is 84.3 cm³/mol. The molecule has 0 aromatic heterocycles. The monoisotopic (exact) mass is 267 g/mol. The molecule has 0 aliphatic rings. The molecule has 0 heterocycles. The highest BCUT2D eigenvalue weighted by Crippen LogP contribution is 2.16. The van der Waals surface area contributed by atoms with Gasteiger partial charge in [0.2, 0.25) is 0 Å². The van der Waals surface area contributed by atoms with Crippen LogP contribution in [0.5, 0.6) is 0 Å². The van der Waals surface area contributed by atoms with Crippen molar-refractivity contribution in [1.82, 2.24) is 0 Å². The third kappa shape index (κ3) is 3.27. The molecule has 0 unspecified atom stereocenters. The molecule has 20 heavy (non-hydrogen) atoms. The molecule has 0 spiro atoms. The van der Waals surface area contributed by atoms with Crippen LogP contribution in [-0.2, 0) is 6.42 Å². The fourth-order valence-electron chi connectivity index (χ4n) is 2.24. The molecule has 1 amide bonds. The zero-order chi connectivity index (χ0) is 14.5. The van der Waals surface area contributed by atoms with Gasteiger partial charge in [-0.05, 0) is 55.2 Å². The van der Waals surface area contributed by atoms with E-state index in [1.165, 1.54) is 5.56 Å². The Bertz CT molecular complexity index is 599. The first-order chi connectivity index (χ1) is 9.61. The summed E-state index contributed by atoms with van der Waals surface area (Å²) in [6.45, 7) is 6.16. The Morgan fingerprint density at radius 1 is 1.05 bits per heavy atom. The van der Waals surface area contributed by atoms with Crippen LogP contribution in [0, 0.1) is 13.8 Å². The number of nitrogens with one attached hydrogen (secondary N) is 1. The van der Waals surface area contributed by atoms with E-state index in [9.17, 15) is 4.79 Å². The quantitative estimate of drug-likeness (QED) is 0.867. The van der Waals surface area contributed by atoms with Crippen LogP contribution in [-0.4, -0.2) is 5.91 Å². The fourth-order valence-corrected chi connectivity index (χ4v) is 2.24. The molecule has 2 heteroatoms. The number of carbonyl (C=O) groups excluding carboxylic acids is 1. The van der Waals surface area contributed by atoms with Gasteiger partial charge in [0.25, 0.3) is 5.91 Å². The average molecular weight is 267 g/mol. The van der Waals surface area contributed by atoms with Crippen LogP contribution in [0.4, 0.5) is 5.69 Å². The van der Waals surface area contributed by atoms with E-state index in [-0.39, 0.29) is 5.91 Å². The standard InChI is InChI=1S/C18H21NO/c1-4-6-15-9-11-16(12-10-15)19-18(20)17-8-5-7-13(2)14(17)3/h5,7-12H,4,6H2,1-3H3,(H,19,20). The van der Waals surface area contributed by atoms with Gasteiger partial charge in [-0.2, -0.15) is 0 Å². The van der Waals surface area contributed by atoms with Crippen molar-refractivity contribution in [2.45, 2.75) is 33.6 Å². The van der Waals surface area contributed by atoms with E-state index < -0.39 is 0 Å². The van der Waals surface area contributed by atoms with Gasteiger partial charge in [-0.3, -0.25) is 4.79 Å². The van der Waals surface area contributed by atoms with Gasteiger partial charge in [-0.15, -0.1) is 0 Å². The van der Waals surface area contributed by atoms with Gasteiger partial charge in [0.1, 0.15) is 0 Å². The Labute approximate surface area is 120 Å². The maximum atomic E-state index is 12.3. The van der Waals surface area contributed by atoms with E-state index in [1.807, 2.05) is 44.2 Å². The molecule has 0 aliphatic heterocycles. The second kappa shape index (κ2) is 6.38. The van der Waals surface area contributed by atoms with Crippen molar-refractivity contribution >= 4 is 11.6 Å². The van der Waals surface area contributed by atoms with Crippen molar-refractivity contribution in [3.63, 3.8) is 0 Å². The minimum absolute atomic E-state index is 0.0468. The Morgan fingerprint density at radius 2 is 1.75 bits per heavy atom. The van der Waals surface area contributed by atoms with Gasteiger partial charge in [0, 0.05) is 11.3 Å². The lowest BCUT2D eigenvalue weighted by Crippen LogP contribution is -2.13. The van der Waals surface area contributed by atoms with Crippen LogP contribution in [0.3, 0.4) is 0 Å². The number of hydrogen-bond acceptors (Lipinski definition) is 1. The number of anilines is 1. The van der Waals surface area contributed by atoms with E-state index in [2.05, 4.69) is 24.4 Å². The Balaban J connectivity index is 2.13. The summed E-state index contributed by atoms with van der Waals surface area (Å²) in [4.78, 5) is 12.3. The van der Waals surface area contributed by atoms with Gasteiger partial charge < -0.3 is 5.32 Å². The number of rotatable bonds is 4. The highest BCUT2D eigenvalue weighted by atomic mass is 16.1. The van der Waals surface area contributed by atoms with Gasteiger partial charge >= 0.3 is 0 Å². The molecular weight excluding hydrogens is 246 g/mol. The summed E-state index contributed by atoms with van der Waals surface area (Å²) in [5, 5.41) is 2.96. The topological polar surface area (TPSA) is 29.1 Å². The summed E-state index contributed by atoms with van der Waals surface area (Å²) in [5.41, 5.74) is 5.05. The molecule has 2 rings (SSSR count). The second-order valence-electron chi connectivity index (χ2n) is 5.15. The molecule has 0 saturated carbocycles. The molecule has 0 fully saturated rings. The lowest BCUT2D eigenvalue weighted by Gasteiger charge is -2.10. The van der Waals surface area contributed by atoms with Gasteiger partial charge in [0.15, 0.2) is 0 Å². The molecule has 0 saturated heterocycles. The number of carbonyl (C=O) groups is 1. The van der Waals surface area contributed by atoms with Crippen LogP contribution in [0.15, 0.2) is 42.5 Å². The van der Waals surface area contributed by atoms with Crippen molar-refractivity contribution in [3.8, 4) is 0 Å². The average Bonchev–Trinajstić information content (AvgIpc) is 2.44. The van der Waals surface area contributed by atoms with Crippen LogP contribution >= 0.6 is 0 Å². The van der Waals surface area contributed by atoms with Crippen molar-refractivity contribution in [1.29, 1.82) is 0 Å². The minimum Gasteiger partial charge on any atom is -0.322 e. The molecule has 0 aliphatic carbocycles. The summed E-state index contributed by atoms with van der Waals surface area (Å²) in [5.74, 6) is -0.0468. The molecule has 2 nitrogen and oxygen atoms in total. The number of benzene rings is 2. The Hall–Kier alpha value is -2.09. The highest BCUT2D eigenvalue weighted by molar-refractivity contribution is 6.05. The van der Waals surface area contributed by atoms with Crippen molar-refractivity contribution in [3.05, 3.63) is 64.7 Å². The first-order valence-corrected chi connectivity index (χ1v) is 7.08. The van der Waals surface area contributed by atoms with E-state index >= 15 is 0 Å².